The van der Waals surface area contributed by atoms with Crippen LogP contribution in [-0.2, 0) is 11.2 Å². The maximum atomic E-state index is 12.1. The van der Waals surface area contributed by atoms with Crippen LogP contribution in [0, 0.1) is 13.8 Å². The van der Waals surface area contributed by atoms with Gasteiger partial charge in [-0.25, -0.2) is 5.43 Å². The predicted molar refractivity (Wildman–Crippen MR) is 124 cm³/mol. The lowest BCUT2D eigenvalue weighted by Gasteiger charge is -2.10. The van der Waals surface area contributed by atoms with E-state index in [1.165, 1.54) is 17.3 Å². The van der Waals surface area contributed by atoms with E-state index in [2.05, 4.69) is 66.2 Å². The van der Waals surface area contributed by atoms with Gasteiger partial charge >= 0.3 is 0 Å². The first kappa shape index (κ1) is 21.7. The number of hydrogen-bond donors (Lipinski definition) is 1. The average molecular weight is 422 g/mol. The summed E-state index contributed by atoms with van der Waals surface area (Å²) in [4.78, 5) is 13.1. The van der Waals surface area contributed by atoms with Crippen LogP contribution in [0.25, 0.3) is 5.69 Å². The molecule has 1 N–H and O–H groups in total. The first-order chi connectivity index (χ1) is 14.5. The predicted octanol–water partition coefficient (Wildman–Crippen LogP) is 4.91. The smallest absolute Gasteiger partial charge is 0.250 e. The zero-order valence-electron chi connectivity index (χ0n) is 17.8. The van der Waals surface area contributed by atoms with Gasteiger partial charge in [0.1, 0.15) is 5.75 Å². The van der Waals surface area contributed by atoms with Crippen molar-refractivity contribution in [2.45, 2.75) is 32.1 Å². The first-order valence-corrected chi connectivity index (χ1v) is 10.9. The zero-order valence-corrected chi connectivity index (χ0v) is 18.6. The summed E-state index contributed by atoms with van der Waals surface area (Å²) in [6, 6.07) is 18.3. The topological polar surface area (TPSA) is 55.6 Å². The summed E-state index contributed by atoms with van der Waals surface area (Å²) in [5.74, 6) is 0.954. The summed E-state index contributed by atoms with van der Waals surface area (Å²) in [5.41, 5.74) is 8.25. The molecule has 30 heavy (non-hydrogen) atoms. The van der Waals surface area contributed by atoms with Gasteiger partial charge in [-0.15, -0.1) is 11.8 Å². The number of benzene rings is 2. The van der Waals surface area contributed by atoms with E-state index in [-0.39, 0.29) is 5.91 Å². The summed E-state index contributed by atoms with van der Waals surface area (Å²) in [7, 11) is 1.63. The van der Waals surface area contributed by atoms with Gasteiger partial charge in [-0.1, -0.05) is 19.1 Å². The number of ether oxygens (including phenoxy) is 1. The Morgan fingerprint density at radius 2 is 1.83 bits per heavy atom. The molecule has 0 spiro atoms. The number of nitrogens with one attached hydrogen (secondary N) is 1. The van der Waals surface area contributed by atoms with E-state index < -0.39 is 0 Å². The molecule has 0 aliphatic heterocycles. The van der Waals surface area contributed by atoms with Gasteiger partial charge in [0, 0.05) is 27.5 Å². The molecule has 1 heterocycles. The highest BCUT2D eigenvalue weighted by Gasteiger charge is 2.09. The first-order valence-electron chi connectivity index (χ1n) is 9.88. The van der Waals surface area contributed by atoms with Crippen molar-refractivity contribution in [1.82, 2.24) is 9.99 Å². The van der Waals surface area contributed by atoms with Crippen LogP contribution in [0.15, 0.2) is 64.6 Å². The standard InChI is InChI=1S/C24H27N3O2S/c1-5-19-6-8-21(9-7-19)27-17(2)14-20(18(27)3)15-25-26-24(28)16-30-23-12-10-22(29-4)11-13-23/h6-15H,5,16H2,1-4H3,(H,26,28)/b25-15+. The third-order valence-corrected chi connectivity index (χ3v) is 5.91. The molecule has 0 aliphatic carbocycles. The van der Waals surface area contributed by atoms with Crippen LogP contribution in [-0.4, -0.2) is 29.6 Å². The molecule has 3 aromatic rings. The Hall–Kier alpha value is -2.99. The Kier molecular flexibility index (Phi) is 7.36. The molecule has 1 amide bonds. The summed E-state index contributed by atoms with van der Waals surface area (Å²) < 4.78 is 7.34. The Bertz CT molecular complexity index is 1020. The molecular weight excluding hydrogens is 394 g/mol. The largest absolute Gasteiger partial charge is 0.497 e. The molecule has 0 radical (unpaired) electrons. The fourth-order valence-electron chi connectivity index (χ4n) is 3.22. The van der Waals surface area contributed by atoms with Crippen LogP contribution < -0.4 is 10.2 Å². The van der Waals surface area contributed by atoms with Gasteiger partial charge in [-0.3, -0.25) is 4.79 Å². The second-order valence-electron chi connectivity index (χ2n) is 6.94. The van der Waals surface area contributed by atoms with Crippen LogP contribution in [0.1, 0.15) is 29.4 Å². The minimum Gasteiger partial charge on any atom is -0.497 e. The molecule has 6 heteroatoms. The molecule has 5 nitrogen and oxygen atoms in total. The maximum Gasteiger partial charge on any atom is 0.250 e. The Labute approximate surface area is 182 Å². The number of methoxy groups -OCH3 is 1. The highest BCUT2D eigenvalue weighted by Crippen LogP contribution is 2.22. The number of rotatable bonds is 8. The fraction of sp³-hybridized carbons (Fsp3) is 0.250. The summed E-state index contributed by atoms with van der Waals surface area (Å²) in [6.07, 6.45) is 2.73. The molecule has 0 saturated carbocycles. The lowest BCUT2D eigenvalue weighted by molar-refractivity contribution is -0.118. The minimum absolute atomic E-state index is 0.143. The Balaban J connectivity index is 1.59. The van der Waals surface area contributed by atoms with Gasteiger partial charge in [0.15, 0.2) is 0 Å². The quantitative estimate of drug-likeness (QED) is 0.319. The summed E-state index contributed by atoms with van der Waals surface area (Å²) >= 11 is 1.46. The van der Waals surface area contributed by atoms with Gasteiger partial charge in [-0.2, -0.15) is 5.10 Å². The van der Waals surface area contributed by atoms with Crippen molar-refractivity contribution in [2.24, 2.45) is 5.10 Å². The molecule has 156 valence electrons. The van der Waals surface area contributed by atoms with E-state index in [9.17, 15) is 4.79 Å². The normalized spacial score (nSPS) is 11.1. The molecule has 0 fully saturated rings. The van der Waals surface area contributed by atoms with Crippen molar-refractivity contribution >= 4 is 23.9 Å². The van der Waals surface area contributed by atoms with Crippen LogP contribution in [0.5, 0.6) is 5.75 Å². The molecule has 0 atom stereocenters. The van der Waals surface area contributed by atoms with Crippen LogP contribution >= 0.6 is 11.8 Å². The SMILES string of the molecule is CCc1ccc(-n2c(C)cc(/C=N/NC(=O)CSc3ccc(OC)cc3)c2C)cc1. The van der Waals surface area contributed by atoms with Crippen LogP contribution in [0.4, 0.5) is 0 Å². The minimum atomic E-state index is -0.143. The summed E-state index contributed by atoms with van der Waals surface area (Å²) in [5, 5.41) is 4.15. The van der Waals surface area contributed by atoms with Crippen molar-refractivity contribution in [3.63, 3.8) is 0 Å². The van der Waals surface area contributed by atoms with E-state index in [1.54, 1.807) is 13.3 Å². The second kappa shape index (κ2) is 10.2. The van der Waals surface area contributed by atoms with Gasteiger partial charge in [0.2, 0.25) is 5.91 Å². The van der Waals surface area contributed by atoms with Crippen LogP contribution in [0.2, 0.25) is 0 Å². The highest BCUT2D eigenvalue weighted by molar-refractivity contribution is 8.00. The lowest BCUT2D eigenvalue weighted by atomic mass is 10.1. The van der Waals surface area contributed by atoms with Crippen LogP contribution in [0.3, 0.4) is 0 Å². The molecule has 3 rings (SSSR count). The third-order valence-electron chi connectivity index (χ3n) is 4.90. The van der Waals surface area contributed by atoms with E-state index in [1.807, 2.05) is 24.3 Å². The molecule has 2 aromatic carbocycles. The fourth-order valence-corrected chi connectivity index (χ4v) is 3.91. The maximum absolute atomic E-state index is 12.1. The second-order valence-corrected chi connectivity index (χ2v) is 7.99. The zero-order chi connectivity index (χ0) is 21.5. The van der Waals surface area contributed by atoms with E-state index in [0.717, 1.165) is 39.7 Å². The van der Waals surface area contributed by atoms with Crippen molar-refractivity contribution in [1.29, 1.82) is 0 Å². The molecule has 0 bridgehead atoms. The van der Waals surface area contributed by atoms with Crippen molar-refractivity contribution in [3.8, 4) is 11.4 Å². The number of nitrogens with zero attached hydrogens (tertiary/aromatic N) is 2. The number of amides is 1. The molecule has 0 saturated heterocycles. The van der Waals surface area contributed by atoms with Gasteiger partial charge < -0.3 is 9.30 Å². The number of aryl methyl sites for hydroxylation is 2. The molecule has 0 unspecified atom stereocenters. The van der Waals surface area contributed by atoms with Crippen molar-refractivity contribution in [2.75, 3.05) is 12.9 Å². The average Bonchev–Trinajstić information content (AvgIpc) is 3.05. The number of thioether (sulfide) groups is 1. The Morgan fingerprint density at radius 1 is 1.13 bits per heavy atom. The van der Waals surface area contributed by atoms with Crippen molar-refractivity contribution < 1.29 is 9.53 Å². The van der Waals surface area contributed by atoms with Gasteiger partial charge in [-0.05, 0) is 68.3 Å². The van der Waals surface area contributed by atoms with Gasteiger partial charge in [0.25, 0.3) is 0 Å². The Morgan fingerprint density at radius 3 is 2.47 bits per heavy atom. The molecular formula is C24H27N3O2S. The van der Waals surface area contributed by atoms with E-state index >= 15 is 0 Å². The van der Waals surface area contributed by atoms with Gasteiger partial charge in [0.05, 0.1) is 19.1 Å². The number of aromatic nitrogens is 1. The summed E-state index contributed by atoms with van der Waals surface area (Å²) in [6.45, 7) is 6.28. The third kappa shape index (κ3) is 5.33. The molecule has 1 aromatic heterocycles. The monoisotopic (exact) mass is 421 g/mol. The van der Waals surface area contributed by atoms with Crippen molar-refractivity contribution in [3.05, 3.63) is 77.1 Å². The molecule has 0 aliphatic rings. The van der Waals surface area contributed by atoms with E-state index in [4.69, 9.17) is 4.74 Å². The number of hydrogen-bond acceptors (Lipinski definition) is 4. The number of carbonyl (C=O) groups excluding carboxylic acids is 1. The lowest BCUT2D eigenvalue weighted by Crippen LogP contribution is -2.19. The highest BCUT2D eigenvalue weighted by atomic mass is 32.2. The number of hydrazone groups is 1. The number of carbonyl (C=O) groups is 1. The van der Waals surface area contributed by atoms with E-state index in [0.29, 0.717) is 5.75 Å².